The number of anilines is 1. The Hall–Kier alpha value is -2.06. The summed E-state index contributed by atoms with van der Waals surface area (Å²) in [5.74, 6) is -0.496. The van der Waals surface area contributed by atoms with Crippen molar-refractivity contribution in [1.29, 1.82) is 0 Å². The lowest BCUT2D eigenvalue weighted by Crippen LogP contribution is -2.12. The van der Waals surface area contributed by atoms with Gasteiger partial charge in [-0.15, -0.1) is 11.3 Å². The molecule has 0 spiro atoms. The molecular weight excluding hydrogens is 314 g/mol. The van der Waals surface area contributed by atoms with Gasteiger partial charge < -0.3 is 9.84 Å². The van der Waals surface area contributed by atoms with E-state index in [1.165, 1.54) is 31.4 Å². The number of benzene rings is 1. The largest absolute Gasteiger partial charge is 0.496 e. The van der Waals surface area contributed by atoms with Gasteiger partial charge >= 0.3 is 5.97 Å². The Morgan fingerprint density at radius 2 is 2.00 bits per heavy atom. The first-order valence-electron chi connectivity index (χ1n) is 5.84. The van der Waals surface area contributed by atoms with Crippen LogP contribution >= 0.6 is 11.3 Å². The van der Waals surface area contributed by atoms with Crippen molar-refractivity contribution >= 4 is 32.3 Å². The average Bonchev–Trinajstić information content (AvgIpc) is 2.86. The van der Waals surface area contributed by atoms with Crippen LogP contribution in [0.4, 0.5) is 5.00 Å². The smallest absolute Gasteiger partial charge is 0.345 e. The zero-order valence-corrected chi connectivity index (χ0v) is 12.9. The number of sulfonamides is 1. The van der Waals surface area contributed by atoms with Crippen LogP contribution in [0.25, 0.3) is 0 Å². The molecule has 0 unspecified atom stereocenters. The Morgan fingerprint density at radius 3 is 2.52 bits per heavy atom. The molecule has 0 saturated carbocycles. The molecule has 2 N–H and O–H groups in total. The van der Waals surface area contributed by atoms with Gasteiger partial charge in [0.05, 0.1) is 12.0 Å². The van der Waals surface area contributed by atoms with Crippen LogP contribution in [-0.2, 0) is 10.0 Å². The minimum Gasteiger partial charge on any atom is -0.496 e. The second-order valence-electron chi connectivity index (χ2n) is 4.21. The monoisotopic (exact) mass is 327 g/mol. The first-order valence-corrected chi connectivity index (χ1v) is 8.14. The van der Waals surface area contributed by atoms with Crippen molar-refractivity contribution in [2.75, 3.05) is 11.8 Å². The number of carboxylic acid groups (broad SMARTS) is 1. The number of nitrogens with one attached hydrogen (secondary N) is 1. The minimum atomic E-state index is -3.76. The van der Waals surface area contributed by atoms with Gasteiger partial charge in [0.2, 0.25) is 0 Å². The summed E-state index contributed by atoms with van der Waals surface area (Å²) in [5.41, 5.74) is 0.692. The predicted molar refractivity (Wildman–Crippen MR) is 79.8 cm³/mol. The summed E-state index contributed by atoms with van der Waals surface area (Å²) in [5, 5.41) is 9.08. The van der Waals surface area contributed by atoms with Crippen molar-refractivity contribution in [3.63, 3.8) is 0 Å². The van der Waals surface area contributed by atoms with Gasteiger partial charge in [0.25, 0.3) is 10.0 Å². The van der Waals surface area contributed by atoms with Crippen LogP contribution in [-0.4, -0.2) is 26.6 Å². The molecule has 0 saturated heterocycles. The maximum atomic E-state index is 12.2. The number of carbonyl (C=O) groups is 1. The Labute approximate surface area is 126 Å². The van der Waals surface area contributed by atoms with Crippen LogP contribution in [0.2, 0.25) is 0 Å². The predicted octanol–water partition coefficient (Wildman–Crippen LogP) is 2.56. The summed E-state index contributed by atoms with van der Waals surface area (Å²) in [6.45, 7) is 1.74. The van der Waals surface area contributed by atoms with Gasteiger partial charge in [-0.1, -0.05) is 0 Å². The second kappa shape index (κ2) is 5.74. The number of ether oxygens (including phenoxy) is 1. The van der Waals surface area contributed by atoms with E-state index in [2.05, 4.69) is 4.72 Å². The van der Waals surface area contributed by atoms with E-state index < -0.39 is 16.0 Å². The van der Waals surface area contributed by atoms with Crippen molar-refractivity contribution in [3.05, 3.63) is 40.8 Å². The number of hydrogen-bond donors (Lipinski definition) is 2. The van der Waals surface area contributed by atoms with Crippen molar-refractivity contribution in [3.8, 4) is 5.75 Å². The molecule has 21 heavy (non-hydrogen) atoms. The summed E-state index contributed by atoms with van der Waals surface area (Å²) in [6, 6.07) is 7.26. The first-order chi connectivity index (χ1) is 9.83. The Balaban J connectivity index is 2.29. The molecule has 2 rings (SSSR count). The molecule has 1 aromatic carbocycles. The minimum absolute atomic E-state index is 0.0682. The van der Waals surface area contributed by atoms with Gasteiger partial charge in [-0.05, 0) is 42.8 Å². The van der Waals surface area contributed by atoms with E-state index in [9.17, 15) is 13.2 Å². The number of aromatic carboxylic acids is 1. The molecule has 0 atom stereocenters. The fourth-order valence-corrected chi connectivity index (χ4v) is 3.84. The summed E-state index contributed by atoms with van der Waals surface area (Å²) >= 11 is 0.860. The fourth-order valence-electron chi connectivity index (χ4n) is 1.72. The van der Waals surface area contributed by atoms with Crippen molar-refractivity contribution in [2.45, 2.75) is 11.8 Å². The Morgan fingerprint density at radius 1 is 1.29 bits per heavy atom. The molecule has 2 aromatic rings. The first kappa shape index (κ1) is 15.3. The third-order valence-electron chi connectivity index (χ3n) is 2.73. The van der Waals surface area contributed by atoms with E-state index in [0.717, 1.165) is 11.3 Å². The second-order valence-corrected chi connectivity index (χ2v) is 6.97. The lowest BCUT2D eigenvalue weighted by Gasteiger charge is -2.09. The normalized spacial score (nSPS) is 11.1. The zero-order valence-electron chi connectivity index (χ0n) is 11.3. The quantitative estimate of drug-likeness (QED) is 0.880. The molecule has 6 nitrogen and oxygen atoms in total. The molecule has 0 aliphatic rings. The molecule has 1 heterocycles. The molecule has 0 fully saturated rings. The van der Waals surface area contributed by atoms with Crippen molar-refractivity contribution in [2.24, 2.45) is 0 Å². The maximum Gasteiger partial charge on any atom is 0.345 e. The number of carboxylic acids is 1. The molecule has 0 aliphatic heterocycles. The standard InChI is InChI=1S/C13H13NO5S2/c1-8-7-9(3-4-10(8)19-2)21(17,18)14-12-6-5-11(20-12)13(15)16/h3-7,14H,1-2H3,(H,15,16). The maximum absolute atomic E-state index is 12.2. The third kappa shape index (κ3) is 3.34. The molecule has 0 amide bonds. The highest BCUT2D eigenvalue weighted by Crippen LogP contribution is 2.26. The summed E-state index contributed by atoms with van der Waals surface area (Å²) < 4.78 is 31.9. The number of rotatable bonds is 5. The van der Waals surface area contributed by atoms with Crippen molar-refractivity contribution in [1.82, 2.24) is 0 Å². The van der Waals surface area contributed by atoms with Crippen molar-refractivity contribution < 1.29 is 23.1 Å². The van der Waals surface area contributed by atoms with Gasteiger partial charge in [0.15, 0.2) is 0 Å². The highest BCUT2D eigenvalue weighted by Gasteiger charge is 2.17. The SMILES string of the molecule is COc1ccc(S(=O)(=O)Nc2ccc(C(=O)O)s2)cc1C. The Bertz CT molecular complexity index is 780. The van der Waals surface area contributed by atoms with E-state index in [1.54, 1.807) is 13.0 Å². The third-order valence-corrected chi connectivity index (χ3v) is 5.21. The molecule has 8 heteroatoms. The molecule has 0 radical (unpaired) electrons. The van der Waals surface area contributed by atoms with Gasteiger partial charge in [-0.3, -0.25) is 4.72 Å². The summed E-state index contributed by atoms with van der Waals surface area (Å²) in [6.07, 6.45) is 0. The van der Waals surface area contributed by atoms with Crippen LogP contribution in [0.5, 0.6) is 5.75 Å². The highest BCUT2D eigenvalue weighted by atomic mass is 32.2. The number of hydrogen-bond acceptors (Lipinski definition) is 5. The average molecular weight is 327 g/mol. The van der Waals surface area contributed by atoms with Gasteiger partial charge in [0.1, 0.15) is 15.6 Å². The fraction of sp³-hybridized carbons (Fsp3) is 0.154. The van der Waals surface area contributed by atoms with E-state index in [4.69, 9.17) is 9.84 Å². The molecule has 0 bridgehead atoms. The number of thiophene rings is 1. The molecule has 112 valence electrons. The van der Waals surface area contributed by atoms with E-state index in [-0.39, 0.29) is 14.8 Å². The molecule has 0 aliphatic carbocycles. The lowest BCUT2D eigenvalue weighted by atomic mass is 10.2. The Kier molecular flexibility index (Phi) is 4.19. The van der Waals surface area contributed by atoms with Crippen LogP contribution in [0.1, 0.15) is 15.2 Å². The topological polar surface area (TPSA) is 92.7 Å². The number of aryl methyl sites for hydroxylation is 1. The van der Waals surface area contributed by atoms with Crippen LogP contribution in [0, 0.1) is 6.92 Å². The van der Waals surface area contributed by atoms with E-state index in [0.29, 0.717) is 11.3 Å². The van der Waals surface area contributed by atoms with E-state index >= 15 is 0 Å². The highest BCUT2D eigenvalue weighted by molar-refractivity contribution is 7.93. The molecular formula is C13H13NO5S2. The van der Waals surface area contributed by atoms with Gasteiger partial charge in [0, 0.05) is 0 Å². The number of methoxy groups -OCH3 is 1. The molecule has 1 aromatic heterocycles. The summed E-state index contributed by atoms with van der Waals surface area (Å²) in [7, 11) is -2.25. The zero-order chi connectivity index (χ0) is 15.6. The van der Waals surface area contributed by atoms with Crippen LogP contribution in [0.3, 0.4) is 0 Å². The van der Waals surface area contributed by atoms with Gasteiger partial charge in [-0.25, -0.2) is 13.2 Å². The van der Waals surface area contributed by atoms with Crippen LogP contribution < -0.4 is 9.46 Å². The summed E-state index contributed by atoms with van der Waals surface area (Å²) in [4.78, 5) is 10.9. The lowest BCUT2D eigenvalue weighted by molar-refractivity contribution is 0.0702. The van der Waals surface area contributed by atoms with Crippen LogP contribution in [0.15, 0.2) is 35.2 Å². The van der Waals surface area contributed by atoms with E-state index in [1.807, 2.05) is 0 Å². The van der Waals surface area contributed by atoms with Gasteiger partial charge in [-0.2, -0.15) is 0 Å².